The van der Waals surface area contributed by atoms with Crippen molar-refractivity contribution in [2.24, 2.45) is 5.73 Å². The van der Waals surface area contributed by atoms with E-state index in [1.54, 1.807) is 6.07 Å². The molecule has 0 saturated heterocycles. The smallest absolute Gasteiger partial charge is 0.233 e. The Bertz CT molecular complexity index is 514. The highest BCUT2D eigenvalue weighted by Gasteiger charge is 2.19. The van der Waals surface area contributed by atoms with Crippen molar-refractivity contribution in [1.29, 1.82) is 0 Å². The van der Waals surface area contributed by atoms with Crippen molar-refractivity contribution >= 4 is 23.2 Å². The minimum Gasteiger partial charge on any atom is -0.324 e. The molecule has 0 radical (unpaired) electrons. The van der Waals surface area contributed by atoms with Crippen molar-refractivity contribution in [3.63, 3.8) is 0 Å². The van der Waals surface area contributed by atoms with Crippen LogP contribution in [-0.2, 0) is 9.59 Å². The average molecular weight is 275 g/mol. The zero-order valence-electron chi connectivity index (χ0n) is 11.7. The van der Waals surface area contributed by atoms with Gasteiger partial charge in [0.15, 0.2) is 0 Å². The molecule has 20 heavy (non-hydrogen) atoms. The summed E-state index contributed by atoms with van der Waals surface area (Å²) in [6.07, 6.45) is 4.21. The Morgan fingerprint density at radius 3 is 2.55 bits per heavy atom. The van der Waals surface area contributed by atoms with Gasteiger partial charge in [-0.05, 0) is 24.1 Å². The summed E-state index contributed by atoms with van der Waals surface area (Å²) in [7, 11) is 0. The number of benzene rings is 1. The first-order valence-corrected chi connectivity index (χ1v) is 7.09. The lowest BCUT2D eigenvalue weighted by Gasteiger charge is -2.15. The predicted molar refractivity (Wildman–Crippen MR) is 79.4 cm³/mol. The van der Waals surface area contributed by atoms with Gasteiger partial charge >= 0.3 is 0 Å². The Balaban J connectivity index is 2.14. The van der Waals surface area contributed by atoms with Gasteiger partial charge in [0.1, 0.15) is 6.42 Å². The first kappa shape index (κ1) is 14.5. The lowest BCUT2D eigenvalue weighted by Crippen LogP contribution is -2.16. The van der Waals surface area contributed by atoms with Crippen molar-refractivity contribution in [3.8, 4) is 0 Å². The van der Waals surface area contributed by atoms with Crippen LogP contribution < -0.4 is 16.4 Å². The molecule has 1 aliphatic heterocycles. The largest absolute Gasteiger partial charge is 0.324 e. The highest BCUT2D eigenvalue weighted by atomic mass is 16.2. The molecule has 1 unspecified atom stereocenters. The highest BCUT2D eigenvalue weighted by molar-refractivity contribution is 6.13. The first-order valence-electron chi connectivity index (χ1n) is 7.09. The maximum Gasteiger partial charge on any atom is 0.233 e. The third kappa shape index (κ3) is 3.57. The molecule has 2 amide bonds. The van der Waals surface area contributed by atoms with Crippen LogP contribution >= 0.6 is 0 Å². The molecular weight excluding hydrogens is 254 g/mol. The number of unbranched alkanes of at least 4 members (excludes halogenated alkanes) is 2. The van der Waals surface area contributed by atoms with Crippen LogP contribution in [0.3, 0.4) is 0 Å². The molecule has 0 spiro atoms. The summed E-state index contributed by atoms with van der Waals surface area (Å²) in [6.45, 7) is 2.16. The van der Waals surface area contributed by atoms with Crippen molar-refractivity contribution in [2.75, 3.05) is 10.6 Å². The van der Waals surface area contributed by atoms with Gasteiger partial charge in [-0.25, -0.2) is 0 Å². The first-order chi connectivity index (χ1) is 9.60. The van der Waals surface area contributed by atoms with Crippen molar-refractivity contribution in [1.82, 2.24) is 0 Å². The number of carbonyl (C=O) groups excluding carboxylic acids is 2. The van der Waals surface area contributed by atoms with E-state index in [4.69, 9.17) is 5.73 Å². The minimum atomic E-state index is -0.294. The number of fused-ring (bicyclic) bond motifs is 1. The fourth-order valence-corrected chi connectivity index (χ4v) is 2.32. The topological polar surface area (TPSA) is 84.2 Å². The summed E-state index contributed by atoms with van der Waals surface area (Å²) >= 11 is 0. The van der Waals surface area contributed by atoms with Crippen LogP contribution in [0.25, 0.3) is 0 Å². The van der Waals surface area contributed by atoms with Gasteiger partial charge in [-0.3, -0.25) is 9.59 Å². The molecule has 108 valence electrons. The summed E-state index contributed by atoms with van der Waals surface area (Å²) in [4.78, 5) is 23.0. The molecule has 0 bridgehead atoms. The molecule has 1 aromatic carbocycles. The van der Waals surface area contributed by atoms with Gasteiger partial charge in [-0.1, -0.05) is 32.3 Å². The van der Waals surface area contributed by atoms with Crippen LogP contribution in [0.1, 0.15) is 50.6 Å². The molecular formula is C15H21N3O2. The Labute approximate surface area is 118 Å². The van der Waals surface area contributed by atoms with Gasteiger partial charge < -0.3 is 16.4 Å². The quantitative estimate of drug-likeness (QED) is 0.570. The summed E-state index contributed by atoms with van der Waals surface area (Å²) in [5.74, 6) is -0.584. The van der Waals surface area contributed by atoms with Crippen molar-refractivity contribution in [2.45, 2.75) is 45.1 Å². The van der Waals surface area contributed by atoms with Gasteiger partial charge in [-0.15, -0.1) is 0 Å². The Hall–Kier alpha value is -1.88. The Morgan fingerprint density at radius 1 is 1.15 bits per heavy atom. The van der Waals surface area contributed by atoms with E-state index >= 15 is 0 Å². The normalized spacial score (nSPS) is 15.9. The molecule has 0 aliphatic carbocycles. The molecule has 0 aromatic heterocycles. The Kier molecular flexibility index (Phi) is 4.74. The third-order valence-electron chi connectivity index (χ3n) is 3.46. The van der Waals surface area contributed by atoms with Crippen LogP contribution in [0.4, 0.5) is 11.4 Å². The van der Waals surface area contributed by atoms with Gasteiger partial charge in [-0.2, -0.15) is 0 Å². The molecule has 0 fully saturated rings. The van der Waals surface area contributed by atoms with E-state index in [0.29, 0.717) is 11.4 Å². The molecule has 2 rings (SSSR count). The number of rotatable bonds is 5. The second-order valence-corrected chi connectivity index (χ2v) is 5.18. The van der Waals surface area contributed by atoms with Crippen LogP contribution in [0.2, 0.25) is 0 Å². The second-order valence-electron chi connectivity index (χ2n) is 5.18. The summed E-state index contributed by atoms with van der Waals surface area (Å²) in [5.41, 5.74) is 8.41. The van der Waals surface area contributed by atoms with Gasteiger partial charge in [0, 0.05) is 6.04 Å². The van der Waals surface area contributed by atoms with E-state index in [2.05, 4.69) is 17.6 Å². The number of nitrogens with two attached hydrogens (primary N) is 1. The van der Waals surface area contributed by atoms with E-state index in [0.717, 1.165) is 18.4 Å². The minimum absolute atomic E-state index is 0.0392. The number of hydrogen-bond donors (Lipinski definition) is 3. The van der Waals surface area contributed by atoms with Crippen LogP contribution in [0.15, 0.2) is 18.2 Å². The molecule has 5 heteroatoms. The maximum absolute atomic E-state index is 11.5. The number of carbonyl (C=O) groups is 2. The zero-order chi connectivity index (χ0) is 14.5. The molecule has 1 aliphatic rings. The second kappa shape index (κ2) is 6.52. The Morgan fingerprint density at radius 2 is 1.85 bits per heavy atom. The number of nitrogens with one attached hydrogen (secondary N) is 2. The van der Waals surface area contributed by atoms with E-state index in [9.17, 15) is 9.59 Å². The lowest BCUT2D eigenvalue weighted by molar-refractivity contribution is -0.123. The van der Waals surface area contributed by atoms with E-state index in [-0.39, 0.29) is 24.3 Å². The van der Waals surface area contributed by atoms with Gasteiger partial charge in [0.2, 0.25) is 11.8 Å². The number of anilines is 2. The monoisotopic (exact) mass is 275 g/mol. The van der Waals surface area contributed by atoms with Crippen molar-refractivity contribution in [3.05, 3.63) is 23.8 Å². The summed E-state index contributed by atoms with van der Waals surface area (Å²) in [6, 6.07) is 5.53. The van der Waals surface area contributed by atoms with Gasteiger partial charge in [0.05, 0.1) is 11.4 Å². The van der Waals surface area contributed by atoms with E-state index in [1.165, 1.54) is 12.8 Å². The number of amides is 2. The summed E-state index contributed by atoms with van der Waals surface area (Å²) < 4.78 is 0. The highest BCUT2D eigenvalue weighted by Crippen LogP contribution is 2.29. The standard InChI is InChI=1S/C15H21N3O2/c1-2-3-4-5-11(16)10-6-7-12-13(8-10)18-15(20)9-14(19)17-12/h6-8,11H,2-5,9,16H2,1H3,(H,17,19)(H,18,20). The molecule has 1 atom stereocenters. The van der Waals surface area contributed by atoms with Crippen LogP contribution in [-0.4, -0.2) is 11.8 Å². The maximum atomic E-state index is 11.5. The van der Waals surface area contributed by atoms with Crippen LogP contribution in [0, 0.1) is 0 Å². The molecule has 5 nitrogen and oxygen atoms in total. The lowest BCUT2D eigenvalue weighted by atomic mass is 10.0. The summed E-state index contributed by atoms with van der Waals surface area (Å²) in [5, 5.41) is 5.45. The van der Waals surface area contributed by atoms with Gasteiger partial charge in [0.25, 0.3) is 0 Å². The fraction of sp³-hybridized carbons (Fsp3) is 0.467. The van der Waals surface area contributed by atoms with E-state index in [1.807, 2.05) is 12.1 Å². The SMILES string of the molecule is CCCCCC(N)c1ccc2c(c1)NC(=O)CC(=O)N2. The van der Waals surface area contributed by atoms with Crippen LogP contribution in [0.5, 0.6) is 0 Å². The fourth-order valence-electron chi connectivity index (χ4n) is 2.32. The predicted octanol–water partition coefficient (Wildman–Crippen LogP) is 2.55. The third-order valence-corrected chi connectivity index (χ3v) is 3.46. The number of hydrogen-bond acceptors (Lipinski definition) is 3. The van der Waals surface area contributed by atoms with Crippen molar-refractivity contribution < 1.29 is 9.59 Å². The molecule has 1 aromatic rings. The van der Waals surface area contributed by atoms with E-state index < -0.39 is 0 Å². The molecule has 0 saturated carbocycles. The molecule has 1 heterocycles. The molecule has 4 N–H and O–H groups in total. The average Bonchev–Trinajstić information content (AvgIpc) is 2.54. The zero-order valence-corrected chi connectivity index (χ0v) is 11.7.